The molecule has 15 heavy (non-hydrogen) atoms. The van der Waals surface area contributed by atoms with E-state index in [2.05, 4.69) is 34.1 Å². The average Bonchev–Trinajstić information content (AvgIpc) is 2.75. The molecule has 0 spiro atoms. The Morgan fingerprint density at radius 3 is 2.33 bits per heavy atom. The summed E-state index contributed by atoms with van der Waals surface area (Å²) in [5.74, 6) is 0.678. The van der Waals surface area contributed by atoms with E-state index >= 15 is 0 Å². The fourth-order valence-electron chi connectivity index (χ4n) is 2.41. The molecule has 0 N–H and O–H groups in total. The van der Waals surface area contributed by atoms with Crippen LogP contribution in [-0.4, -0.2) is 0 Å². The standard InChI is InChI=1S/C13H14BrN/c14-12-7-5-11(6-8-12)13(9-15)10-3-1-2-4-10/h5-8,10,13H,1-4H2. The lowest BCUT2D eigenvalue weighted by Gasteiger charge is -2.16. The van der Waals surface area contributed by atoms with Crippen molar-refractivity contribution in [1.82, 2.24) is 0 Å². The highest BCUT2D eigenvalue weighted by Gasteiger charge is 2.25. The van der Waals surface area contributed by atoms with Crippen LogP contribution >= 0.6 is 15.9 Å². The third-order valence-corrected chi connectivity index (χ3v) is 3.77. The molecule has 1 aromatic carbocycles. The van der Waals surface area contributed by atoms with E-state index in [0.29, 0.717) is 5.92 Å². The van der Waals surface area contributed by atoms with Gasteiger partial charge in [0.15, 0.2) is 0 Å². The van der Waals surface area contributed by atoms with Crippen molar-refractivity contribution < 1.29 is 0 Å². The first-order valence-electron chi connectivity index (χ1n) is 5.46. The number of hydrogen-bond donors (Lipinski definition) is 0. The summed E-state index contributed by atoms with van der Waals surface area (Å²) in [6.45, 7) is 0. The SMILES string of the molecule is N#CC(c1ccc(Br)cc1)C1CCCC1. The van der Waals surface area contributed by atoms with Gasteiger partial charge in [0.25, 0.3) is 0 Å². The van der Waals surface area contributed by atoms with Crippen LogP contribution < -0.4 is 0 Å². The van der Waals surface area contributed by atoms with Gasteiger partial charge in [0.1, 0.15) is 0 Å². The maximum Gasteiger partial charge on any atom is 0.0740 e. The fourth-order valence-corrected chi connectivity index (χ4v) is 2.68. The summed E-state index contributed by atoms with van der Waals surface area (Å²) >= 11 is 3.42. The van der Waals surface area contributed by atoms with Crippen LogP contribution in [0.2, 0.25) is 0 Å². The molecule has 1 aliphatic carbocycles. The Kier molecular flexibility index (Phi) is 3.43. The number of benzene rings is 1. The van der Waals surface area contributed by atoms with Crippen LogP contribution in [0.5, 0.6) is 0 Å². The molecule has 2 heteroatoms. The highest BCUT2D eigenvalue weighted by Crippen LogP contribution is 2.37. The Bertz CT molecular complexity index is 357. The molecule has 0 amide bonds. The summed E-state index contributed by atoms with van der Waals surface area (Å²) in [7, 11) is 0. The molecule has 0 heterocycles. The van der Waals surface area contributed by atoms with Crippen molar-refractivity contribution in [3.05, 3.63) is 34.3 Å². The molecule has 1 saturated carbocycles. The van der Waals surface area contributed by atoms with Gasteiger partial charge in [0, 0.05) is 4.47 Å². The second kappa shape index (κ2) is 4.81. The second-order valence-electron chi connectivity index (χ2n) is 4.20. The van der Waals surface area contributed by atoms with Crippen LogP contribution in [-0.2, 0) is 0 Å². The van der Waals surface area contributed by atoms with E-state index < -0.39 is 0 Å². The summed E-state index contributed by atoms with van der Waals surface area (Å²) in [5.41, 5.74) is 1.17. The van der Waals surface area contributed by atoms with Crippen molar-refractivity contribution in [1.29, 1.82) is 5.26 Å². The molecule has 0 saturated heterocycles. The topological polar surface area (TPSA) is 23.8 Å². The third kappa shape index (κ3) is 2.41. The molecule has 1 aromatic rings. The average molecular weight is 264 g/mol. The number of hydrogen-bond acceptors (Lipinski definition) is 1. The quantitative estimate of drug-likeness (QED) is 0.783. The maximum absolute atomic E-state index is 9.25. The molecule has 0 radical (unpaired) electrons. The number of halogens is 1. The van der Waals surface area contributed by atoms with Gasteiger partial charge in [-0.15, -0.1) is 0 Å². The number of rotatable bonds is 2. The predicted molar refractivity (Wildman–Crippen MR) is 64.5 cm³/mol. The fraction of sp³-hybridized carbons (Fsp3) is 0.462. The molecular formula is C13H14BrN. The lowest BCUT2D eigenvalue weighted by Crippen LogP contribution is -2.07. The van der Waals surface area contributed by atoms with Crippen molar-refractivity contribution in [2.75, 3.05) is 0 Å². The van der Waals surface area contributed by atoms with Gasteiger partial charge in [-0.25, -0.2) is 0 Å². The number of nitriles is 1. The van der Waals surface area contributed by atoms with Crippen LogP contribution in [0.3, 0.4) is 0 Å². The maximum atomic E-state index is 9.25. The molecule has 1 aliphatic rings. The van der Waals surface area contributed by atoms with Gasteiger partial charge in [-0.1, -0.05) is 40.9 Å². The van der Waals surface area contributed by atoms with Gasteiger partial charge < -0.3 is 0 Å². The molecule has 0 aliphatic heterocycles. The Morgan fingerprint density at radius 2 is 1.80 bits per heavy atom. The first-order chi connectivity index (χ1) is 7.31. The lowest BCUT2D eigenvalue weighted by molar-refractivity contribution is 0.501. The molecular weight excluding hydrogens is 250 g/mol. The van der Waals surface area contributed by atoms with Crippen molar-refractivity contribution >= 4 is 15.9 Å². The Morgan fingerprint density at radius 1 is 1.20 bits per heavy atom. The van der Waals surface area contributed by atoms with Crippen molar-refractivity contribution in [3.63, 3.8) is 0 Å². The minimum Gasteiger partial charge on any atom is -0.198 e. The zero-order valence-corrected chi connectivity index (χ0v) is 10.2. The molecule has 2 rings (SSSR count). The molecule has 0 bridgehead atoms. The molecule has 1 nitrogen and oxygen atoms in total. The lowest BCUT2D eigenvalue weighted by atomic mass is 9.86. The third-order valence-electron chi connectivity index (χ3n) is 3.24. The van der Waals surface area contributed by atoms with Crippen LogP contribution in [0.25, 0.3) is 0 Å². The van der Waals surface area contributed by atoms with Gasteiger partial charge in [0.05, 0.1) is 12.0 Å². The van der Waals surface area contributed by atoms with Crippen molar-refractivity contribution in [3.8, 4) is 6.07 Å². The second-order valence-corrected chi connectivity index (χ2v) is 5.12. The van der Waals surface area contributed by atoms with E-state index in [9.17, 15) is 5.26 Å². The van der Waals surface area contributed by atoms with Crippen LogP contribution in [0.4, 0.5) is 0 Å². The molecule has 78 valence electrons. The highest BCUT2D eigenvalue weighted by molar-refractivity contribution is 9.10. The van der Waals surface area contributed by atoms with Crippen molar-refractivity contribution in [2.45, 2.75) is 31.6 Å². The van der Waals surface area contributed by atoms with E-state index in [0.717, 1.165) is 4.47 Å². The Balaban J connectivity index is 2.19. The highest BCUT2D eigenvalue weighted by atomic mass is 79.9. The van der Waals surface area contributed by atoms with Gasteiger partial charge in [-0.05, 0) is 36.5 Å². The Hall–Kier alpha value is -0.810. The summed E-state index contributed by atoms with van der Waals surface area (Å²) in [4.78, 5) is 0. The minimum atomic E-state index is 0.0978. The summed E-state index contributed by atoms with van der Waals surface area (Å²) in [5, 5.41) is 9.25. The first-order valence-corrected chi connectivity index (χ1v) is 6.25. The van der Waals surface area contributed by atoms with Crippen LogP contribution in [0.15, 0.2) is 28.7 Å². The zero-order chi connectivity index (χ0) is 10.7. The van der Waals surface area contributed by atoms with Gasteiger partial charge in [-0.2, -0.15) is 5.26 Å². The summed E-state index contributed by atoms with van der Waals surface area (Å²) in [6.07, 6.45) is 5.02. The summed E-state index contributed by atoms with van der Waals surface area (Å²) < 4.78 is 1.08. The summed E-state index contributed by atoms with van der Waals surface area (Å²) in [6, 6.07) is 10.6. The van der Waals surface area contributed by atoms with Gasteiger partial charge >= 0.3 is 0 Å². The monoisotopic (exact) mass is 263 g/mol. The van der Waals surface area contributed by atoms with Gasteiger partial charge in [0.2, 0.25) is 0 Å². The zero-order valence-electron chi connectivity index (χ0n) is 8.62. The smallest absolute Gasteiger partial charge is 0.0740 e. The van der Waals surface area contributed by atoms with E-state index in [1.54, 1.807) is 0 Å². The van der Waals surface area contributed by atoms with Crippen molar-refractivity contribution in [2.24, 2.45) is 5.92 Å². The molecule has 1 atom stereocenters. The predicted octanol–water partition coefficient (Wildman–Crippen LogP) is 4.25. The van der Waals surface area contributed by atoms with E-state index in [1.165, 1.54) is 31.2 Å². The Labute approximate surface area is 99.2 Å². The largest absolute Gasteiger partial charge is 0.198 e. The van der Waals surface area contributed by atoms with E-state index in [-0.39, 0.29) is 5.92 Å². The molecule has 1 unspecified atom stereocenters. The van der Waals surface area contributed by atoms with Gasteiger partial charge in [-0.3, -0.25) is 0 Å². The molecule has 1 fully saturated rings. The minimum absolute atomic E-state index is 0.0978. The van der Waals surface area contributed by atoms with E-state index in [1.807, 2.05) is 12.1 Å². The van der Waals surface area contributed by atoms with Crippen LogP contribution in [0, 0.1) is 17.2 Å². The number of nitrogens with zero attached hydrogens (tertiary/aromatic N) is 1. The van der Waals surface area contributed by atoms with E-state index in [4.69, 9.17) is 0 Å². The first kappa shape index (κ1) is 10.7. The normalized spacial score (nSPS) is 18.7. The van der Waals surface area contributed by atoms with Crippen LogP contribution in [0.1, 0.15) is 37.2 Å². The molecule has 0 aromatic heterocycles.